The van der Waals surface area contributed by atoms with Gasteiger partial charge in [0, 0.05) is 19.5 Å². The number of benzene rings is 2. The number of ether oxygens (including phenoxy) is 1. The minimum atomic E-state index is -0.427. The van der Waals surface area contributed by atoms with E-state index in [1.807, 2.05) is 35.2 Å². The number of alkyl carbamates (subject to hydrolysis) is 1. The summed E-state index contributed by atoms with van der Waals surface area (Å²) < 4.78 is 5.48. The molecule has 1 spiro atoms. The average Bonchev–Trinajstić information content (AvgIpc) is 2.93. The molecule has 0 radical (unpaired) electrons. The number of nitrogens with one attached hydrogen (secondary N) is 1. The van der Waals surface area contributed by atoms with Gasteiger partial charge in [-0.05, 0) is 29.5 Å². The van der Waals surface area contributed by atoms with Crippen LogP contribution in [0, 0.1) is 0 Å². The maximum atomic E-state index is 12.7. The zero-order valence-corrected chi connectivity index (χ0v) is 15.3. The Labute approximate surface area is 159 Å². The Morgan fingerprint density at radius 1 is 1.00 bits per heavy atom. The van der Waals surface area contributed by atoms with E-state index in [1.54, 1.807) is 0 Å². The van der Waals surface area contributed by atoms with Crippen molar-refractivity contribution in [2.24, 2.45) is 0 Å². The highest BCUT2D eigenvalue weighted by Crippen LogP contribution is 2.29. The van der Waals surface area contributed by atoms with Crippen LogP contribution in [0.5, 0.6) is 0 Å². The predicted molar refractivity (Wildman–Crippen MR) is 103 cm³/mol. The zero-order valence-electron chi connectivity index (χ0n) is 15.3. The summed E-state index contributed by atoms with van der Waals surface area (Å²) in [6.07, 6.45) is 2.42. The summed E-state index contributed by atoms with van der Waals surface area (Å²) in [6, 6.07) is 18.4. The van der Waals surface area contributed by atoms with Crippen LogP contribution in [-0.2, 0) is 16.0 Å². The van der Waals surface area contributed by atoms with E-state index in [4.69, 9.17) is 4.74 Å². The molecule has 5 heteroatoms. The Kier molecular flexibility index (Phi) is 4.84. The smallest absolute Gasteiger partial charge is 0.407 e. The van der Waals surface area contributed by atoms with E-state index in [0.717, 1.165) is 30.5 Å². The van der Waals surface area contributed by atoms with Gasteiger partial charge in [-0.3, -0.25) is 4.79 Å². The molecule has 2 aliphatic rings. The fourth-order valence-electron chi connectivity index (χ4n) is 3.93. The van der Waals surface area contributed by atoms with Gasteiger partial charge in [0.25, 0.3) is 0 Å². The molecule has 27 heavy (non-hydrogen) atoms. The molecule has 2 aromatic rings. The summed E-state index contributed by atoms with van der Waals surface area (Å²) in [5, 5.41) is 2.75. The fourth-order valence-corrected chi connectivity index (χ4v) is 3.93. The first-order valence-electron chi connectivity index (χ1n) is 9.53. The molecule has 0 bridgehead atoms. The molecule has 2 aliphatic heterocycles. The van der Waals surface area contributed by atoms with Gasteiger partial charge in [0.05, 0.1) is 13.0 Å². The van der Waals surface area contributed by atoms with E-state index >= 15 is 0 Å². The van der Waals surface area contributed by atoms with Crippen LogP contribution in [0.3, 0.4) is 0 Å². The summed E-state index contributed by atoms with van der Waals surface area (Å²) in [6.45, 7) is 1.91. The van der Waals surface area contributed by atoms with Crippen LogP contribution in [0.1, 0.15) is 24.8 Å². The van der Waals surface area contributed by atoms with Gasteiger partial charge in [-0.25, -0.2) is 4.79 Å². The second kappa shape index (κ2) is 7.43. The van der Waals surface area contributed by atoms with Gasteiger partial charge in [0.2, 0.25) is 5.91 Å². The normalized spacial score (nSPS) is 22.2. The third-order valence-corrected chi connectivity index (χ3v) is 5.53. The van der Waals surface area contributed by atoms with Gasteiger partial charge in [-0.1, -0.05) is 54.6 Å². The molecule has 4 rings (SSSR count). The summed E-state index contributed by atoms with van der Waals surface area (Å²) in [5.74, 6) is 0.136. The molecule has 2 fully saturated rings. The first-order chi connectivity index (χ1) is 13.1. The Bertz CT molecular complexity index is 819. The SMILES string of the molecule is O=C1NCC2(CCCN(C(=O)Cc3ccc(-c4ccccc4)cc3)CC2)O1. The number of carbonyl (C=O) groups excluding carboxylic acids is 2. The Hall–Kier alpha value is -2.82. The summed E-state index contributed by atoms with van der Waals surface area (Å²) >= 11 is 0. The van der Waals surface area contributed by atoms with Crippen molar-refractivity contribution in [1.29, 1.82) is 0 Å². The number of amides is 2. The predicted octanol–water partition coefficient (Wildman–Crippen LogP) is 3.39. The lowest BCUT2D eigenvalue weighted by Crippen LogP contribution is -2.37. The maximum absolute atomic E-state index is 12.7. The van der Waals surface area contributed by atoms with Gasteiger partial charge in [0.1, 0.15) is 5.60 Å². The number of rotatable bonds is 3. The number of hydrogen-bond donors (Lipinski definition) is 1. The topological polar surface area (TPSA) is 58.6 Å². The lowest BCUT2D eigenvalue weighted by Gasteiger charge is -2.25. The highest BCUT2D eigenvalue weighted by atomic mass is 16.6. The van der Waals surface area contributed by atoms with Crippen molar-refractivity contribution in [3.63, 3.8) is 0 Å². The third kappa shape index (κ3) is 3.97. The Morgan fingerprint density at radius 2 is 1.74 bits per heavy atom. The van der Waals surface area contributed by atoms with Crippen LogP contribution in [0.15, 0.2) is 54.6 Å². The van der Waals surface area contributed by atoms with Crippen LogP contribution in [-0.4, -0.2) is 42.1 Å². The van der Waals surface area contributed by atoms with Crippen LogP contribution in [0.4, 0.5) is 4.79 Å². The molecule has 140 valence electrons. The van der Waals surface area contributed by atoms with Crippen LogP contribution < -0.4 is 5.32 Å². The molecule has 1 unspecified atom stereocenters. The maximum Gasteiger partial charge on any atom is 0.407 e. The number of likely N-dealkylation sites (tertiary alicyclic amines) is 1. The van der Waals surface area contributed by atoms with E-state index in [2.05, 4.69) is 29.6 Å². The Morgan fingerprint density at radius 3 is 2.44 bits per heavy atom. The van der Waals surface area contributed by atoms with Crippen LogP contribution >= 0.6 is 0 Å². The van der Waals surface area contributed by atoms with Crippen LogP contribution in [0.25, 0.3) is 11.1 Å². The largest absolute Gasteiger partial charge is 0.441 e. The summed E-state index contributed by atoms with van der Waals surface area (Å²) in [7, 11) is 0. The van der Waals surface area contributed by atoms with E-state index < -0.39 is 5.60 Å². The van der Waals surface area contributed by atoms with E-state index in [9.17, 15) is 9.59 Å². The molecule has 2 heterocycles. The second-order valence-electron chi connectivity index (χ2n) is 7.40. The quantitative estimate of drug-likeness (QED) is 0.908. The molecule has 2 amide bonds. The Balaban J connectivity index is 1.37. The van der Waals surface area contributed by atoms with Gasteiger partial charge in [-0.2, -0.15) is 0 Å². The van der Waals surface area contributed by atoms with E-state index in [-0.39, 0.29) is 12.0 Å². The number of nitrogens with zero attached hydrogens (tertiary/aromatic N) is 1. The first kappa shape index (κ1) is 17.6. The fraction of sp³-hybridized carbons (Fsp3) is 0.364. The monoisotopic (exact) mass is 364 g/mol. The van der Waals surface area contributed by atoms with Crippen molar-refractivity contribution in [3.8, 4) is 11.1 Å². The zero-order chi connectivity index (χ0) is 18.7. The number of hydrogen-bond acceptors (Lipinski definition) is 3. The number of carbonyl (C=O) groups is 2. The minimum absolute atomic E-state index is 0.136. The molecule has 2 saturated heterocycles. The molecular formula is C22H24N2O3. The molecule has 0 aromatic heterocycles. The molecule has 5 nitrogen and oxygen atoms in total. The molecule has 0 aliphatic carbocycles. The second-order valence-corrected chi connectivity index (χ2v) is 7.40. The molecule has 2 aromatic carbocycles. The highest BCUT2D eigenvalue weighted by molar-refractivity contribution is 5.79. The van der Waals surface area contributed by atoms with Gasteiger partial charge in [0.15, 0.2) is 0 Å². The highest BCUT2D eigenvalue weighted by Gasteiger charge is 2.41. The lowest BCUT2D eigenvalue weighted by atomic mass is 9.95. The molecule has 0 saturated carbocycles. The summed E-state index contributed by atoms with van der Waals surface area (Å²) in [4.78, 5) is 26.1. The van der Waals surface area contributed by atoms with Crippen molar-refractivity contribution in [2.75, 3.05) is 19.6 Å². The van der Waals surface area contributed by atoms with Crippen LogP contribution in [0.2, 0.25) is 0 Å². The van der Waals surface area contributed by atoms with E-state index in [0.29, 0.717) is 25.9 Å². The van der Waals surface area contributed by atoms with Crippen molar-refractivity contribution >= 4 is 12.0 Å². The molecular weight excluding hydrogens is 340 g/mol. The average molecular weight is 364 g/mol. The van der Waals surface area contributed by atoms with Crippen molar-refractivity contribution in [2.45, 2.75) is 31.3 Å². The molecule has 1 N–H and O–H groups in total. The van der Waals surface area contributed by atoms with Gasteiger partial charge in [-0.15, -0.1) is 0 Å². The standard InChI is InChI=1S/C22H24N2O3/c25-20(24-13-4-11-22(12-14-24)16-23-21(26)27-22)15-17-7-9-19(10-8-17)18-5-2-1-3-6-18/h1-3,5-10H,4,11-16H2,(H,23,26). The molecule has 1 atom stereocenters. The lowest BCUT2D eigenvalue weighted by molar-refractivity contribution is -0.130. The summed E-state index contributed by atoms with van der Waals surface area (Å²) in [5.41, 5.74) is 2.92. The van der Waals surface area contributed by atoms with Crippen molar-refractivity contribution in [3.05, 3.63) is 60.2 Å². The third-order valence-electron chi connectivity index (χ3n) is 5.53. The first-order valence-corrected chi connectivity index (χ1v) is 9.53. The van der Waals surface area contributed by atoms with Crippen molar-refractivity contribution < 1.29 is 14.3 Å². The minimum Gasteiger partial charge on any atom is -0.441 e. The van der Waals surface area contributed by atoms with Gasteiger partial charge >= 0.3 is 6.09 Å². The van der Waals surface area contributed by atoms with Gasteiger partial charge < -0.3 is 15.0 Å². The van der Waals surface area contributed by atoms with Crippen molar-refractivity contribution in [1.82, 2.24) is 10.2 Å². The van der Waals surface area contributed by atoms with E-state index in [1.165, 1.54) is 5.56 Å².